The van der Waals surface area contributed by atoms with E-state index in [0.717, 1.165) is 0 Å². The Bertz CT molecular complexity index is 478. The highest BCUT2D eigenvalue weighted by atomic mass is 35.5. The predicted octanol–water partition coefficient (Wildman–Crippen LogP) is 1.91. The molecule has 0 aromatic carbocycles. The van der Waals surface area contributed by atoms with Crippen LogP contribution in [-0.2, 0) is 0 Å². The highest BCUT2D eigenvalue weighted by molar-refractivity contribution is 6.31. The fourth-order valence-electron chi connectivity index (χ4n) is 1.15. The lowest BCUT2D eigenvalue weighted by Gasteiger charge is -1.91. The maximum atomic E-state index is 10.7. The molecule has 13 heavy (non-hydrogen) atoms. The molecule has 0 atom stereocenters. The number of hydrogen-bond donors (Lipinski definition) is 2. The summed E-state index contributed by atoms with van der Waals surface area (Å²) < 4.78 is 0. The number of carbonyl (C=O) groups is 1. The maximum absolute atomic E-state index is 10.7. The molecule has 4 nitrogen and oxygen atoms in total. The van der Waals surface area contributed by atoms with E-state index in [1.165, 1.54) is 12.4 Å². The minimum absolute atomic E-state index is 0.185. The van der Waals surface area contributed by atoms with Crippen molar-refractivity contribution in [1.82, 2.24) is 9.97 Å². The van der Waals surface area contributed by atoms with Crippen molar-refractivity contribution in [2.45, 2.75) is 0 Å². The minimum atomic E-state index is -0.990. The van der Waals surface area contributed by atoms with Crippen LogP contribution in [0.2, 0.25) is 5.02 Å². The van der Waals surface area contributed by atoms with Crippen LogP contribution in [0.1, 0.15) is 10.4 Å². The first kappa shape index (κ1) is 8.07. The summed E-state index contributed by atoms with van der Waals surface area (Å²) in [5.41, 5.74) is 0.715. The molecule has 66 valence electrons. The zero-order valence-electron chi connectivity index (χ0n) is 6.41. The number of hydrogen-bond acceptors (Lipinski definition) is 2. The van der Waals surface area contributed by atoms with Gasteiger partial charge in [-0.25, -0.2) is 9.78 Å². The molecular formula is C8H5ClN2O2. The molecule has 2 rings (SSSR count). The van der Waals surface area contributed by atoms with E-state index in [9.17, 15) is 4.79 Å². The molecule has 0 aliphatic heterocycles. The molecular weight excluding hydrogens is 192 g/mol. The third-order valence-corrected chi connectivity index (χ3v) is 1.93. The Kier molecular flexibility index (Phi) is 1.70. The Morgan fingerprint density at radius 1 is 1.62 bits per heavy atom. The van der Waals surface area contributed by atoms with Gasteiger partial charge in [-0.3, -0.25) is 0 Å². The lowest BCUT2D eigenvalue weighted by molar-refractivity contribution is 0.0699. The summed E-state index contributed by atoms with van der Waals surface area (Å²) in [5.74, 6) is -0.990. The number of fused-ring (bicyclic) bond motifs is 1. The molecule has 0 aliphatic rings. The molecule has 0 spiro atoms. The number of H-pyrrole nitrogens is 1. The van der Waals surface area contributed by atoms with Gasteiger partial charge < -0.3 is 10.1 Å². The van der Waals surface area contributed by atoms with Crippen LogP contribution < -0.4 is 0 Å². The molecule has 2 aromatic rings. The highest BCUT2D eigenvalue weighted by Crippen LogP contribution is 2.19. The van der Waals surface area contributed by atoms with Crippen LogP contribution in [0.4, 0.5) is 0 Å². The van der Waals surface area contributed by atoms with Gasteiger partial charge in [0.1, 0.15) is 5.65 Å². The molecule has 5 heteroatoms. The van der Waals surface area contributed by atoms with Gasteiger partial charge in [0.05, 0.1) is 10.6 Å². The molecule has 0 saturated heterocycles. The second-order valence-electron chi connectivity index (χ2n) is 2.56. The van der Waals surface area contributed by atoms with Gasteiger partial charge in [-0.15, -0.1) is 0 Å². The van der Waals surface area contributed by atoms with Gasteiger partial charge in [-0.1, -0.05) is 11.6 Å². The average Bonchev–Trinajstić information content (AvgIpc) is 2.46. The van der Waals surface area contributed by atoms with Gasteiger partial charge in [0.25, 0.3) is 0 Å². The van der Waals surface area contributed by atoms with E-state index in [4.69, 9.17) is 16.7 Å². The summed E-state index contributed by atoms with van der Waals surface area (Å²) in [4.78, 5) is 17.4. The first-order chi connectivity index (χ1) is 6.18. The fourth-order valence-corrected chi connectivity index (χ4v) is 1.31. The SMILES string of the molecule is O=C(O)c1c[nH]c2ncc(Cl)cc12. The summed E-state index contributed by atoms with van der Waals surface area (Å²) in [5, 5.41) is 9.73. The molecule has 0 aliphatic carbocycles. The number of pyridine rings is 1. The molecule has 0 fully saturated rings. The highest BCUT2D eigenvalue weighted by Gasteiger charge is 2.10. The number of aromatic nitrogens is 2. The van der Waals surface area contributed by atoms with Crippen LogP contribution >= 0.6 is 11.6 Å². The van der Waals surface area contributed by atoms with Crippen molar-refractivity contribution in [1.29, 1.82) is 0 Å². The van der Waals surface area contributed by atoms with E-state index in [2.05, 4.69) is 9.97 Å². The molecule has 2 heterocycles. The Balaban J connectivity index is 2.79. The van der Waals surface area contributed by atoms with E-state index >= 15 is 0 Å². The summed E-state index contributed by atoms with van der Waals surface area (Å²) in [7, 11) is 0. The molecule has 0 unspecified atom stereocenters. The largest absolute Gasteiger partial charge is 0.478 e. The van der Waals surface area contributed by atoms with Crippen molar-refractivity contribution in [2.24, 2.45) is 0 Å². The number of nitrogens with zero attached hydrogens (tertiary/aromatic N) is 1. The van der Waals surface area contributed by atoms with Crippen LogP contribution in [-0.4, -0.2) is 21.0 Å². The molecule has 0 radical (unpaired) electrons. The van der Waals surface area contributed by atoms with Crippen molar-refractivity contribution in [3.8, 4) is 0 Å². The van der Waals surface area contributed by atoms with Gasteiger partial charge in [-0.05, 0) is 6.07 Å². The Morgan fingerprint density at radius 2 is 2.38 bits per heavy atom. The molecule has 2 N–H and O–H groups in total. The lowest BCUT2D eigenvalue weighted by Crippen LogP contribution is -1.93. The summed E-state index contributed by atoms with van der Waals surface area (Å²) >= 11 is 5.68. The van der Waals surface area contributed by atoms with E-state index < -0.39 is 5.97 Å². The third-order valence-electron chi connectivity index (χ3n) is 1.73. The number of carboxylic acid groups (broad SMARTS) is 1. The monoisotopic (exact) mass is 196 g/mol. The lowest BCUT2D eigenvalue weighted by atomic mass is 10.2. The Hall–Kier alpha value is -1.55. The zero-order chi connectivity index (χ0) is 9.42. The molecule has 0 saturated carbocycles. The van der Waals surface area contributed by atoms with Crippen LogP contribution in [0.15, 0.2) is 18.5 Å². The molecule has 0 amide bonds. The first-order valence-corrected chi connectivity index (χ1v) is 3.92. The van der Waals surface area contributed by atoms with Gasteiger partial charge in [0.2, 0.25) is 0 Å². The average molecular weight is 197 g/mol. The van der Waals surface area contributed by atoms with Gasteiger partial charge in [0.15, 0.2) is 0 Å². The number of aromatic carboxylic acids is 1. The normalized spacial score (nSPS) is 10.5. The molecule has 2 aromatic heterocycles. The number of halogens is 1. The number of carboxylic acids is 1. The van der Waals surface area contributed by atoms with Crippen LogP contribution in [0.5, 0.6) is 0 Å². The van der Waals surface area contributed by atoms with E-state index in [1.807, 2.05) is 0 Å². The summed E-state index contributed by atoms with van der Waals surface area (Å²) in [6, 6.07) is 1.57. The van der Waals surface area contributed by atoms with E-state index in [1.54, 1.807) is 6.07 Å². The second kappa shape index (κ2) is 2.74. The van der Waals surface area contributed by atoms with E-state index in [0.29, 0.717) is 16.1 Å². The Labute approximate surface area is 78.2 Å². The smallest absolute Gasteiger partial charge is 0.337 e. The van der Waals surface area contributed by atoms with Crippen LogP contribution in [0.3, 0.4) is 0 Å². The van der Waals surface area contributed by atoms with Gasteiger partial charge >= 0.3 is 5.97 Å². The minimum Gasteiger partial charge on any atom is -0.478 e. The topological polar surface area (TPSA) is 66.0 Å². The van der Waals surface area contributed by atoms with Crippen LogP contribution in [0, 0.1) is 0 Å². The Morgan fingerprint density at radius 3 is 3.08 bits per heavy atom. The van der Waals surface area contributed by atoms with Crippen molar-refractivity contribution < 1.29 is 9.90 Å². The summed E-state index contributed by atoms with van der Waals surface area (Å²) in [6.07, 6.45) is 2.86. The van der Waals surface area contributed by atoms with Crippen molar-refractivity contribution in [3.05, 3.63) is 29.0 Å². The van der Waals surface area contributed by atoms with Crippen molar-refractivity contribution >= 4 is 28.6 Å². The fraction of sp³-hybridized carbons (Fsp3) is 0. The summed E-state index contributed by atoms with van der Waals surface area (Å²) in [6.45, 7) is 0. The standard InChI is InChI=1S/C8H5ClN2O2/c9-4-1-5-6(8(12)13)3-11-7(5)10-2-4/h1-3H,(H,10,11)(H,12,13). The van der Waals surface area contributed by atoms with E-state index in [-0.39, 0.29) is 5.56 Å². The quantitative estimate of drug-likeness (QED) is 0.732. The second-order valence-corrected chi connectivity index (χ2v) is 2.99. The van der Waals surface area contributed by atoms with Gasteiger partial charge in [0, 0.05) is 17.8 Å². The predicted molar refractivity (Wildman–Crippen MR) is 48.1 cm³/mol. The third kappa shape index (κ3) is 1.25. The van der Waals surface area contributed by atoms with Gasteiger partial charge in [-0.2, -0.15) is 0 Å². The van der Waals surface area contributed by atoms with Crippen molar-refractivity contribution in [2.75, 3.05) is 0 Å². The zero-order valence-corrected chi connectivity index (χ0v) is 7.17. The van der Waals surface area contributed by atoms with Crippen LogP contribution in [0.25, 0.3) is 11.0 Å². The number of nitrogens with one attached hydrogen (secondary N) is 1. The number of rotatable bonds is 1. The molecule has 0 bridgehead atoms. The maximum Gasteiger partial charge on any atom is 0.337 e. The first-order valence-electron chi connectivity index (χ1n) is 3.54. The number of aromatic amines is 1. The van der Waals surface area contributed by atoms with Crippen molar-refractivity contribution in [3.63, 3.8) is 0 Å².